The highest BCUT2D eigenvalue weighted by atomic mass is 32.1. The molecule has 25 heavy (non-hydrogen) atoms. The fraction of sp³-hybridized carbons (Fsp3) is 0.471. The number of aromatic nitrogens is 2. The Hall–Kier alpha value is -2.06. The van der Waals surface area contributed by atoms with E-state index in [0.29, 0.717) is 22.7 Å². The maximum absolute atomic E-state index is 13.3. The number of amides is 1. The normalized spacial score (nSPS) is 20.6. The molecule has 0 saturated carbocycles. The van der Waals surface area contributed by atoms with Crippen molar-refractivity contribution in [3.8, 4) is 5.88 Å². The lowest BCUT2D eigenvalue weighted by atomic mass is 10.2. The third-order valence-corrected chi connectivity index (χ3v) is 5.04. The van der Waals surface area contributed by atoms with Crippen LogP contribution in [-0.4, -0.2) is 39.5 Å². The van der Waals surface area contributed by atoms with E-state index in [0.717, 1.165) is 24.4 Å². The number of hydrogen-bond donors (Lipinski definition) is 1. The van der Waals surface area contributed by atoms with Crippen LogP contribution in [0.5, 0.6) is 5.88 Å². The summed E-state index contributed by atoms with van der Waals surface area (Å²) < 4.78 is 19.2. The number of anilines is 1. The summed E-state index contributed by atoms with van der Waals surface area (Å²) in [5, 5.41) is 3.32. The molecule has 0 spiro atoms. The van der Waals surface area contributed by atoms with Crippen molar-refractivity contribution in [2.75, 3.05) is 11.9 Å². The molecule has 2 aromatic heterocycles. The first kappa shape index (κ1) is 17.8. The standard InChI is InChI=1S/C17H21FN4O2S/c1-10-6-13(24-16-5-4-15(18)11(2)20-16)8-22(10)9-14-7-19-17(25-14)21-12(3)23/h4-5,7,10,13H,6,8-9H2,1-3H3,(H,19,21,23)/t10-,13+/m0/s1. The molecular formula is C17H21FN4O2S. The molecule has 1 saturated heterocycles. The predicted octanol–water partition coefficient (Wildman–Crippen LogP) is 2.99. The lowest BCUT2D eigenvalue weighted by Gasteiger charge is -2.19. The minimum atomic E-state index is -0.325. The topological polar surface area (TPSA) is 67.4 Å². The third kappa shape index (κ3) is 4.52. The Kier molecular flexibility index (Phi) is 5.29. The number of nitrogens with zero attached hydrogens (tertiary/aromatic N) is 3. The molecule has 8 heteroatoms. The number of thiazole rings is 1. The Morgan fingerprint density at radius 1 is 1.52 bits per heavy atom. The van der Waals surface area contributed by atoms with Crippen molar-refractivity contribution in [1.29, 1.82) is 0 Å². The van der Waals surface area contributed by atoms with Crippen LogP contribution in [-0.2, 0) is 11.3 Å². The molecule has 1 amide bonds. The summed E-state index contributed by atoms with van der Waals surface area (Å²) in [6.07, 6.45) is 2.70. The molecule has 0 aliphatic carbocycles. The molecule has 2 aromatic rings. The lowest BCUT2D eigenvalue weighted by molar-refractivity contribution is -0.114. The van der Waals surface area contributed by atoms with Crippen LogP contribution in [0.1, 0.15) is 30.8 Å². The van der Waals surface area contributed by atoms with Gasteiger partial charge in [-0.1, -0.05) is 0 Å². The second-order valence-electron chi connectivity index (χ2n) is 6.28. The number of halogens is 1. The van der Waals surface area contributed by atoms with E-state index in [1.165, 1.54) is 24.3 Å². The molecule has 1 aliphatic rings. The van der Waals surface area contributed by atoms with Crippen molar-refractivity contribution in [2.45, 2.75) is 45.9 Å². The van der Waals surface area contributed by atoms with Crippen molar-refractivity contribution in [1.82, 2.24) is 14.9 Å². The van der Waals surface area contributed by atoms with E-state index >= 15 is 0 Å². The van der Waals surface area contributed by atoms with Crippen LogP contribution in [0.4, 0.5) is 9.52 Å². The molecule has 2 atom stereocenters. The fourth-order valence-corrected chi connectivity index (χ4v) is 3.78. The first-order valence-electron chi connectivity index (χ1n) is 8.17. The van der Waals surface area contributed by atoms with Crippen molar-refractivity contribution >= 4 is 22.4 Å². The molecule has 0 aromatic carbocycles. The van der Waals surface area contributed by atoms with Gasteiger partial charge in [-0.25, -0.2) is 14.4 Å². The number of rotatable bonds is 5. The van der Waals surface area contributed by atoms with Crippen molar-refractivity contribution in [3.05, 3.63) is 34.7 Å². The largest absolute Gasteiger partial charge is 0.473 e. The van der Waals surface area contributed by atoms with Crippen LogP contribution < -0.4 is 10.1 Å². The van der Waals surface area contributed by atoms with Gasteiger partial charge in [0, 0.05) is 49.6 Å². The number of likely N-dealkylation sites (tertiary alicyclic amines) is 1. The summed E-state index contributed by atoms with van der Waals surface area (Å²) in [6, 6.07) is 3.31. The van der Waals surface area contributed by atoms with E-state index in [2.05, 4.69) is 27.1 Å². The van der Waals surface area contributed by atoms with Gasteiger partial charge in [0.25, 0.3) is 0 Å². The molecule has 1 N–H and O–H groups in total. The summed E-state index contributed by atoms with van der Waals surface area (Å²) in [4.78, 5) is 22.8. The van der Waals surface area contributed by atoms with Crippen molar-refractivity contribution in [2.24, 2.45) is 0 Å². The maximum Gasteiger partial charge on any atom is 0.223 e. The third-order valence-electron chi connectivity index (χ3n) is 4.14. The SMILES string of the molecule is CC(=O)Nc1ncc(CN2C[C@H](Oc3ccc(F)c(C)n3)C[C@@H]2C)s1. The van der Waals surface area contributed by atoms with Gasteiger partial charge in [-0.15, -0.1) is 11.3 Å². The minimum Gasteiger partial charge on any atom is -0.473 e. The van der Waals surface area contributed by atoms with Gasteiger partial charge in [0.05, 0.1) is 5.69 Å². The van der Waals surface area contributed by atoms with Gasteiger partial charge in [0.15, 0.2) is 5.13 Å². The van der Waals surface area contributed by atoms with Gasteiger partial charge >= 0.3 is 0 Å². The van der Waals surface area contributed by atoms with Crippen LogP contribution in [0.15, 0.2) is 18.3 Å². The average Bonchev–Trinajstić information content (AvgIpc) is 3.10. The Balaban J connectivity index is 1.58. The molecule has 0 radical (unpaired) electrons. The summed E-state index contributed by atoms with van der Waals surface area (Å²) in [5.41, 5.74) is 0.343. The van der Waals surface area contributed by atoms with Crippen LogP contribution in [0.25, 0.3) is 0 Å². The first-order valence-corrected chi connectivity index (χ1v) is 8.98. The Morgan fingerprint density at radius 3 is 3.04 bits per heavy atom. The van der Waals surface area contributed by atoms with E-state index in [4.69, 9.17) is 4.74 Å². The highest BCUT2D eigenvalue weighted by Crippen LogP contribution is 2.27. The van der Waals surface area contributed by atoms with E-state index in [9.17, 15) is 9.18 Å². The van der Waals surface area contributed by atoms with E-state index < -0.39 is 0 Å². The van der Waals surface area contributed by atoms with Gasteiger partial charge in [-0.05, 0) is 19.9 Å². The number of pyridine rings is 1. The van der Waals surface area contributed by atoms with Crippen LogP contribution in [0.3, 0.4) is 0 Å². The number of hydrogen-bond acceptors (Lipinski definition) is 6. The Morgan fingerprint density at radius 2 is 2.32 bits per heavy atom. The molecule has 0 bridgehead atoms. The van der Waals surface area contributed by atoms with Crippen LogP contribution in [0, 0.1) is 12.7 Å². The van der Waals surface area contributed by atoms with Crippen LogP contribution >= 0.6 is 11.3 Å². The summed E-state index contributed by atoms with van der Waals surface area (Å²) in [5.74, 6) is 0.0172. The Labute approximate surface area is 150 Å². The van der Waals surface area contributed by atoms with Gasteiger partial charge < -0.3 is 10.1 Å². The molecule has 0 unspecified atom stereocenters. The molecular weight excluding hydrogens is 343 g/mol. The smallest absolute Gasteiger partial charge is 0.223 e. The zero-order valence-electron chi connectivity index (χ0n) is 14.5. The fourth-order valence-electron chi connectivity index (χ4n) is 2.90. The van der Waals surface area contributed by atoms with E-state index in [1.807, 2.05) is 0 Å². The maximum atomic E-state index is 13.3. The van der Waals surface area contributed by atoms with Crippen LogP contribution in [0.2, 0.25) is 0 Å². The number of ether oxygens (including phenoxy) is 1. The second-order valence-corrected chi connectivity index (χ2v) is 7.40. The summed E-state index contributed by atoms with van der Waals surface area (Å²) >= 11 is 1.48. The average molecular weight is 364 g/mol. The summed E-state index contributed by atoms with van der Waals surface area (Å²) in [7, 11) is 0. The number of aryl methyl sites for hydroxylation is 1. The van der Waals surface area contributed by atoms with E-state index in [-0.39, 0.29) is 17.8 Å². The number of nitrogens with one attached hydrogen (secondary N) is 1. The first-order chi connectivity index (χ1) is 11.9. The van der Waals surface area contributed by atoms with Crippen molar-refractivity contribution in [3.63, 3.8) is 0 Å². The Bertz CT molecular complexity index is 767. The quantitative estimate of drug-likeness (QED) is 0.883. The summed E-state index contributed by atoms with van der Waals surface area (Å²) in [6.45, 7) is 6.78. The van der Waals surface area contributed by atoms with Crippen molar-refractivity contribution < 1.29 is 13.9 Å². The number of carbonyl (C=O) groups is 1. The zero-order chi connectivity index (χ0) is 18.0. The van der Waals surface area contributed by atoms with Gasteiger partial charge in [-0.2, -0.15) is 0 Å². The molecule has 1 fully saturated rings. The van der Waals surface area contributed by atoms with Gasteiger partial charge in [0.1, 0.15) is 11.9 Å². The molecule has 6 nitrogen and oxygen atoms in total. The zero-order valence-corrected chi connectivity index (χ0v) is 15.3. The minimum absolute atomic E-state index is 0.0232. The molecule has 1 aliphatic heterocycles. The lowest BCUT2D eigenvalue weighted by Crippen LogP contribution is -2.27. The highest BCUT2D eigenvalue weighted by Gasteiger charge is 2.31. The second kappa shape index (κ2) is 7.45. The molecule has 3 heterocycles. The van der Waals surface area contributed by atoms with Gasteiger partial charge in [-0.3, -0.25) is 9.69 Å². The van der Waals surface area contributed by atoms with E-state index in [1.54, 1.807) is 19.2 Å². The number of carbonyl (C=O) groups excluding carboxylic acids is 1. The monoisotopic (exact) mass is 364 g/mol. The van der Waals surface area contributed by atoms with Gasteiger partial charge in [0.2, 0.25) is 11.8 Å². The highest BCUT2D eigenvalue weighted by molar-refractivity contribution is 7.15. The molecule has 3 rings (SSSR count). The molecule has 134 valence electrons. The predicted molar refractivity (Wildman–Crippen MR) is 94.3 cm³/mol.